The molecule has 4 nitrogen and oxygen atoms in total. The molecular formula is C15H14Cl2N2O2. The highest BCUT2D eigenvalue weighted by atomic mass is 35.5. The second-order valence-electron chi connectivity index (χ2n) is 4.68. The van der Waals surface area contributed by atoms with E-state index >= 15 is 0 Å². The van der Waals surface area contributed by atoms with E-state index < -0.39 is 5.91 Å². The number of carbonyl (C=O) groups excluding carboxylic acids is 1. The second kappa shape index (κ2) is 6.24. The van der Waals surface area contributed by atoms with Gasteiger partial charge >= 0.3 is 0 Å². The molecule has 0 atom stereocenters. The van der Waals surface area contributed by atoms with Crippen LogP contribution in [-0.2, 0) is 0 Å². The first-order valence-electron chi connectivity index (χ1n) is 6.15. The predicted molar refractivity (Wildman–Crippen MR) is 86.8 cm³/mol. The van der Waals surface area contributed by atoms with Crippen molar-refractivity contribution >= 4 is 40.5 Å². The third-order valence-electron chi connectivity index (χ3n) is 2.91. The van der Waals surface area contributed by atoms with Crippen molar-refractivity contribution in [1.29, 1.82) is 0 Å². The standard InChI is InChI=1S/C15H14Cl2N2O2/c1-19(2)11-5-3-10(4-6-11)18-15(21)12-7-9(16)8-13(17)14(12)20/h3-8,20H,1-2H3,(H,18,21). The van der Waals surface area contributed by atoms with E-state index in [1.807, 2.05) is 31.1 Å². The van der Waals surface area contributed by atoms with E-state index in [0.717, 1.165) is 5.69 Å². The minimum Gasteiger partial charge on any atom is -0.506 e. The Kier molecular flexibility index (Phi) is 4.60. The lowest BCUT2D eigenvalue weighted by Gasteiger charge is -2.13. The summed E-state index contributed by atoms with van der Waals surface area (Å²) in [7, 11) is 3.86. The van der Waals surface area contributed by atoms with Crippen molar-refractivity contribution in [2.45, 2.75) is 0 Å². The van der Waals surface area contributed by atoms with E-state index in [4.69, 9.17) is 23.2 Å². The molecule has 2 rings (SSSR count). The zero-order valence-electron chi connectivity index (χ0n) is 11.5. The van der Waals surface area contributed by atoms with Gasteiger partial charge in [-0.05, 0) is 36.4 Å². The number of nitrogens with one attached hydrogen (secondary N) is 1. The molecule has 0 bridgehead atoms. The van der Waals surface area contributed by atoms with Crippen molar-refractivity contribution in [2.24, 2.45) is 0 Å². The molecule has 2 aromatic carbocycles. The van der Waals surface area contributed by atoms with Crippen LogP contribution in [-0.4, -0.2) is 25.1 Å². The maximum atomic E-state index is 12.2. The van der Waals surface area contributed by atoms with Crippen molar-refractivity contribution in [1.82, 2.24) is 0 Å². The van der Waals surface area contributed by atoms with Gasteiger partial charge in [0, 0.05) is 30.5 Å². The van der Waals surface area contributed by atoms with Crippen molar-refractivity contribution in [3.63, 3.8) is 0 Å². The number of aromatic hydroxyl groups is 1. The highest BCUT2D eigenvalue weighted by molar-refractivity contribution is 6.36. The molecule has 0 saturated heterocycles. The van der Waals surface area contributed by atoms with Crippen LogP contribution in [0.15, 0.2) is 36.4 Å². The van der Waals surface area contributed by atoms with E-state index in [1.54, 1.807) is 12.1 Å². The third kappa shape index (κ3) is 3.60. The normalized spacial score (nSPS) is 10.3. The van der Waals surface area contributed by atoms with Crippen LogP contribution >= 0.6 is 23.2 Å². The number of hydrogen-bond donors (Lipinski definition) is 2. The average molecular weight is 325 g/mol. The van der Waals surface area contributed by atoms with Crippen molar-refractivity contribution in [3.05, 3.63) is 52.0 Å². The molecule has 0 aliphatic carbocycles. The molecule has 0 unspecified atom stereocenters. The predicted octanol–water partition coefficient (Wildman–Crippen LogP) is 4.02. The van der Waals surface area contributed by atoms with E-state index in [1.165, 1.54) is 12.1 Å². The minimum atomic E-state index is -0.477. The lowest BCUT2D eigenvalue weighted by atomic mass is 10.1. The van der Waals surface area contributed by atoms with Gasteiger partial charge in [0.2, 0.25) is 0 Å². The molecule has 0 spiro atoms. The van der Waals surface area contributed by atoms with Gasteiger partial charge in [-0.25, -0.2) is 0 Å². The van der Waals surface area contributed by atoms with Gasteiger partial charge in [-0.2, -0.15) is 0 Å². The fourth-order valence-electron chi connectivity index (χ4n) is 1.78. The molecular weight excluding hydrogens is 311 g/mol. The van der Waals surface area contributed by atoms with Gasteiger partial charge in [0.1, 0.15) is 5.75 Å². The van der Waals surface area contributed by atoms with Crippen LogP contribution in [0.2, 0.25) is 10.0 Å². The number of phenolic OH excluding ortho intramolecular Hbond substituents is 1. The quantitative estimate of drug-likeness (QED) is 0.896. The van der Waals surface area contributed by atoms with Crippen LogP contribution in [0.25, 0.3) is 0 Å². The van der Waals surface area contributed by atoms with E-state index in [2.05, 4.69) is 5.32 Å². The number of benzene rings is 2. The zero-order valence-corrected chi connectivity index (χ0v) is 13.0. The van der Waals surface area contributed by atoms with Crippen LogP contribution < -0.4 is 10.2 Å². The number of nitrogens with zero attached hydrogens (tertiary/aromatic N) is 1. The second-order valence-corrected chi connectivity index (χ2v) is 5.52. The summed E-state index contributed by atoms with van der Waals surface area (Å²) < 4.78 is 0. The Morgan fingerprint density at radius 3 is 2.33 bits per heavy atom. The fraction of sp³-hybridized carbons (Fsp3) is 0.133. The highest BCUT2D eigenvalue weighted by Crippen LogP contribution is 2.31. The third-order valence-corrected chi connectivity index (χ3v) is 3.42. The summed E-state index contributed by atoms with van der Waals surface area (Å²) in [5.74, 6) is -0.766. The molecule has 0 saturated carbocycles. The number of carbonyl (C=O) groups is 1. The molecule has 0 radical (unpaired) electrons. The Bertz CT molecular complexity index is 670. The summed E-state index contributed by atoms with van der Waals surface area (Å²) in [4.78, 5) is 14.1. The van der Waals surface area contributed by atoms with Crippen LogP contribution in [0.1, 0.15) is 10.4 Å². The Morgan fingerprint density at radius 2 is 1.76 bits per heavy atom. The summed E-state index contributed by atoms with van der Waals surface area (Å²) in [6, 6.07) is 10.0. The molecule has 2 N–H and O–H groups in total. The average Bonchev–Trinajstić information content (AvgIpc) is 2.43. The number of anilines is 2. The van der Waals surface area contributed by atoms with Gasteiger partial charge < -0.3 is 15.3 Å². The SMILES string of the molecule is CN(C)c1ccc(NC(=O)c2cc(Cl)cc(Cl)c2O)cc1. The van der Waals surface area contributed by atoms with Crippen LogP contribution in [0.5, 0.6) is 5.75 Å². The van der Waals surface area contributed by atoms with Gasteiger partial charge in [-0.3, -0.25) is 4.79 Å². The lowest BCUT2D eigenvalue weighted by molar-refractivity contribution is 0.102. The molecule has 0 aliphatic heterocycles. The van der Waals surface area contributed by atoms with E-state index in [9.17, 15) is 9.90 Å². The first-order chi connectivity index (χ1) is 9.88. The van der Waals surface area contributed by atoms with E-state index in [-0.39, 0.29) is 21.4 Å². The van der Waals surface area contributed by atoms with Gasteiger partial charge in [0.05, 0.1) is 10.6 Å². The number of rotatable bonds is 3. The molecule has 21 heavy (non-hydrogen) atoms. The summed E-state index contributed by atoms with van der Waals surface area (Å²) in [5.41, 5.74) is 1.66. The largest absolute Gasteiger partial charge is 0.506 e. The van der Waals surface area contributed by atoms with Crippen molar-refractivity contribution in [3.8, 4) is 5.75 Å². The number of halogens is 2. The van der Waals surface area contributed by atoms with Crippen LogP contribution in [0.4, 0.5) is 11.4 Å². The Balaban J connectivity index is 2.22. The first-order valence-corrected chi connectivity index (χ1v) is 6.91. The molecule has 0 aliphatic rings. The number of phenols is 1. The molecule has 6 heteroatoms. The first kappa shape index (κ1) is 15.5. The number of amides is 1. The summed E-state index contributed by atoms with van der Waals surface area (Å²) in [6.07, 6.45) is 0. The molecule has 1 amide bonds. The Labute approximate surface area is 132 Å². The molecule has 0 fully saturated rings. The van der Waals surface area contributed by atoms with Crippen LogP contribution in [0, 0.1) is 0 Å². The van der Waals surface area contributed by atoms with Crippen molar-refractivity contribution < 1.29 is 9.90 Å². The monoisotopic (exact) mass is 324 g/mol. The number of hydrogen-bond acceptors (Lipinski definition) is 3. The van der Waals surface area contributed by atoms with Crippen molar-refractivity contribution in [2.75, 3.05) is 24.3 Å². The maximum Gasteiger partial charge on any atom is 0.259 e. The molecule has 110 valence electrons. The highest BCUT2D eigenvalue weighted by Gasteiger charge is 2.15. The summed E-state index contributed by atoms with van der Waals surface area (Å²) in [6.45, 7) is 0. The Hall–Kier alpha value is -1.91. The maximum absolute atomic E-state index is 12.2. The van der Waals surface area contributed by atoms with Gasteiger partial charge in [0.15, 0.2) is 0 Å². The lowest BCUT2D eigenvalue weighted by Crippen LogP contribution is -2.13. The minimum absolute atomic E-state index is 0.0317. The van der Waals surface area contributed by atoms with Crippen LogP contribution in [0.3, 0.4) is 0 Å². The Morgan fingerprint density at radius 1 is 1.14 bits per heavy atom. The summed E-state index contributed by atoms with van der Waals surface area (Å²) in [5, 5.41) is 12.8. The topological polar surface area (TPSA) is 52.6 Å². The van der Waals surface area contributed by atoms with Gasteiger partial charge in [-0.1, -0.05) is 23.2 Å². The molecule has 0 aromatic heterocycles. The molecule has 2 aromatic rings. The van der Waals surface area contributed by atoms with E-state index in [0.29, 0.717) is 5.69 Å². The summed E-state index contributed by atoms with van der Waals surface area (Å²) >= 11 is 11.6. The molecule has 0 heterocycles. The van der Waals surface area contributed by atoms with Gasteiger partial charge in [0.25, 0.3) is 5.91 Å². The fourth-order valence-corrected chi connectivity index (χ4v) is 2.27. The smallest absolute Gasteiger partial charge is 0.259 e. The van der Waals surface area contributed by atoms with Gasteiger partial charge in [-0.15, -0.1) is 0 Å². The zero-order chi connectivity index (χ0) is 15.6.